The van der Waals surface area contributed by atoms with Crippen LogP contribution >= 0.6 is 0 Å². The maximum Gasteiger partial charge on any atom is 0.313 e. The molecule has 2 atom stereocenters. The van der Waals surface area contributed by atoms with Gasteiger partial charge in [0.05, 0.1) is 41.1 Å². The monoisotopic (exact) mass is 382 g/mol. The number of likely N-dealkylation sites (tertiary alicyclic amines) is 1. The maximum absolute atomic E-state index is 12.9. The summed E-state index contributed by atoms with van der Waals surface area (Å²) in [6.07, 6.45) is 5.80. The van der Waals surface area contributed by atoms with Crippen LogP contribution in [0.3, 0.4) is 0 Å². The zero-order valence-electron chi connectivity index (χ0n) is 15.5. The Morgan fingerprint density at radius 2 is 1.96 bits per heavy atom. The predicted octanol–water partition coefficient (Wildman–Crippen LogP) is 1.10. The molecule has 9 nitrogen and oxygen atoms in total. The first-order valence-corrected chi connectivity index (χ1v) is 8.93. The van der Waals surface area contributed by atoms with E-state index in [1.165, 1.54) is 29.6 Å². The van der Waals surface area contributed by atoms with Crippen LogP contribution in [0.1, 0.15) is 41.9 Å². The molecule has 1 aliphatic heterocycles. The van der Waals surface area contributed by atoms with Crippen molar-refractivity contribution in [1.29, 1.82) is 0 Å². The molecule has 3 amide bonds. The lowest BCUT2D eigenvalue weighted by atomic mass is 9.92. The Kier molecular flexibility index (Phi) is 5.53. The number of nitrogens with one attached hydrogen (secondary N) is 1. The summed E-state index contributed by atoms with van der Waals surface area (Å²) in [5.41, 5.74) is 12.5. The zero-order valence-corrected chi connectivity index (χ0v) is 15.5. The summed E-state index contributed by atoms with van der Waals surface area (Å²) in [7, 11) is 0. The van der Waals surface area contributed by atoms with E-state index in [-0.39, 0.29) is 23.2 Å². The third-order valence-corrected chi connectivity index (χ3v) is 4.70. The fourth-order valence-electron chi connectivity index (χ4n) is 3.26. The molecule has 0 spiro atoms. The lowest BCUT2D eigenvalue weighted by Crippen LogP contribution is -2.46. The highest BCUT2D eigenvalue weighted by Gasteiger charge is 2.35. The second-order valence-electron chi connectivity index (χ2n) is 6.95. The Morgan fingerprint density at radius 3 is 2.64 bits per heavy atom. The normalized spacial score (nSPS) is 19.1. The fraction of sp³-hybridized carbons (Fsp3) is 0.316. The van der Waals surface area contributed by atoms with Gasteiger partial charge in [-0.2, -0.15) is 0 Å². The number of piperidine rings is 1. The second-order valence-corrected chi connectivity index (χ2v) is 6.95. The number of hydrogen-bond acceptors (Lipinski definition) is 6. The van der Waals surface area contributed by atoms with Gasteiger partial charge in [0.25, 0.3) is 0 Å². The van der Waals surface area contributed by atoms with Gasteiger partial charge in [-0.3, -0.25) is 24.4 Å². The van der Waals surface area contributed by atoms with E-state index in [4.69, 9.17) is 11.5 Å². The van der Waals surface area contributed by atoms with Gasteiger partial charge >= 0.3 is 11.8 Å². The van der Waals surface area contributed by atoms with Crippen molar-refractivity contribution in [3.05, 3.63) is 48.0 Å². The summed E-state index contributed by atoms with van der Waals surface area (Å²) in [4.78, 5) is 46.4. The average Bonchev–Trinajstić information content (AvgIpc) is 2.68. The van der Waals surface area contributed by atoms with Gasteiger partial charge in [-0.25, -0.2) is 0 Å². The van der Waals surface area contributed by atoms with Crippen molar-refractivity contribution in [2.24, 2.45) is 11.7 Å². The Bertz CT molecular complexity index is 899. The van der Waals surface area contributed by atoms with Crippen molar-refractivity contribution in [2.75, 3.05) is 17.6 Å². The molecule has 0 unspecified atom stereocenters. The zero-order chi connectivity index (χ0) is 20.3. The number of anilines is 2. The first-order chi connectivity index (χ1) is 13.3. The van der Waals surface area contributed by atoms with Crippen molar-refractivity contribution >= 4 is 29.1 Å². The molecule has 3 heterocycles. The van der Waals surface area contributed by atoms with Gasteiger partial charge in [0.2, 0.25) is 5.91 Å². The van der Waals surface area contributed by atoms with Crippen molar-refractivity contribution in [3.8, 4) is 0 Å². The number of rotatable bonds is 3. The maximum atomic E-state index is 12.9. The van der Waals surface area contributed by atoms with E-state index in [9.17, 15) is 14.4 Å². The minimum absolute atomic E-state index is 0.140. The van der Waals surface area contributed by atoms with Gasteiger partial charge in [0.1, 0.15) is 0 Å². The highest BCUT2D eigenvalue weighted by atomic mass is 16.2. The highest BCUT2D eigenvalue weighted by Crippen LogP contribution is 2.32. The van der Waals surface area contributed by atoms with E-state index in [1.807, 2.05) is 6.92 Å². The van der Waals surface area contributed by atoms with E-state index >= 15 is 0 Å². The van der Waals surface area contributed by atoms with Gasteiger partial charge in [-0.1, -0.05) is 6.92 Å². The van der Waals surface area contributed by atoms with Crippen LogP contribution in [0, 0.1) is 5.92 Å². The smallest absolute Gasteiger partial charge is 0.313 e. The molecule has 0 radical (unpaired) electrons. The van der Waals surface area contributed by atoms with Crippen LogP contribution < -0.4 is 16.8 Å². The minimum Gasteiger partial charge on any atom is -0.397 e. The molecule has 0 bridgehead atoms. The lowest BCUT2D eigenvalue weighted by Gasteiger charge is -2.37. The molecule has 1 saturated heterocycles. The number of primary amides is 1. The molecule has 5 N–H and O–H groups in total. The summed E-state index contributed by atoms with van der Waals surface area (Å²) in [6.45, 7) is 2.48. The third-order valence-electron chi connectivity index (χ3n) is 4.70. The molecule has 1 aliphatic rings. The van der Waals surface area contributed by atoms with Crippen molar-refractivity contribution in [3.63, 3.8) is 0 Å². The van der Waals surface area contributed by atoms with E-state index in [0.29, 0.717) is 24.3 Å². The van der Waals surface area contributed by atoms with E-state index in [0.717, 1.165) is 6.42 Å². The molecule has 1 fully saturated rings. The number of nitrogen functional groups attached to an aromatic ring is 1. The molecule has 2 aromatic heterocycles. The average molecular weight is 382 g/mol. The number of hydrogen-bond donors (Lipinski definition) is 3. The van der Waals surface area contributed by atoms with Crippen LogP contribution in [0.15, 0.2) is 36.8 Å². The number of nitrogens with two attached hydrogens (primary N) is 2. The molecule has 0 saturated carbocycles. The Labute approximate surface area is 162 Å². The topological polar surface area (TPSA) is 144 Å². The second kappa shape index (κ2) is 8.03. The number of amides is 3. The minimum atomic E-state index is -0.807. The lowest BCUT2D eigenvalue weighted by molar-refractivity contribution is -0.146. The Balaban J connectivity index is 1.79. The van der Waals surface area contributed by atoms with Gasteiger partial charge in [-0.15, -0.1) is 0 Å². The number of nitrogens with zero attached hydrogens (tertiary/aromatic N) is 3. The van der Waals surface area contributed by atoms with Crippen LogP contribution in [-0.2, 0) is 9.59 Å². The quantitative estimate of drug-likeness (QED) is 0.678. The first kappa shape index (κ1) is 19.3. The molecular weight excluding hydrogens is 360 g/mol. The largest absolute Gasteiger partial charge is 0.397 e. The third kappa shape index (κ3) is 4.25. The summed E-state index contributed by atoms with van der Waals surface area (Å²) in [5.74, 6) is -1.88. The van der Waals surface area contributed by atoms with Crippen LogP contribution in [0.5, 0.6) is 0 Å². The van der Waals surface area contributed by atoms with Gasteiger partial charge in [-0.05, 0) is 37.0 Å². The molecule has 146 valence electrons. The molecular formula is C19H22N6O3. The summed E-state index contributed by atoms with van der Waals surface area (Å²) >= 11 is 0. The van der Waals surface area contributed by atoms with Crippen LogP contribution in [-0.4, -0.2) is 39.1 Å². The highest BCUT2D eigenvalue weighted by molar-refractivity contribution is 6.39. The number of pyridine rings is 2. The SMILES string of the molecule is C[C@H]1CC[C@H](c2ccc(N)cn2)N(C(=O)C(=O)Nc2cncc(C(N)=O)c2)C1. The number of carbonyl (C=O) groups excluding carboxylic acids is 3. The van der Waals surface area contributed by atoms with Crippen molar-refractivity contribution in [1.82, 2.24) is 14.9 Å². The van der Waals surface area contributed by atoms with Gasteiger partial charge in [0, 0.05) is 12.7 Å². The molecule has 28 heavy (non-hydrogen) atoms. The van der Waals surface area contributed by atoms with E-state index < -0.39 is 17.7 Å². The number of carbonyl (C=O) groups is 3. The Morgan fingerprint density at radius 1 is 1.18 bits per heavy atom. The molecule has 2 aromatic rings. The van der Waals surface area contributed by atoms with E-state index in [1.54, 1.807) is 12.1 Å². The first-order valence-electron chi connectivity index (χ1n) is 8.93. The van der Waals surface area contributed by atoms with Crippen LogP contribution in [0.4, 0.5) is 11.4 Å². The molecule has 9 heteroatoms. The van der Waals surface area contributed by atoms with Crippen LogP contribution in [0.2, 0.25) is 0 Å². The van der Waals surface area contributed by atoms with Gasteiger partial charge in [0.15, 0.2) is 0 Å². The summed E-state index contributed by atoms with van der Waals surface area (Å²) < 4.78 is 0. The number of aromatic nitrogens is 2. The molecule has 0 aliphatic carbocycles. The van der Waals surface area contributed by atoms with E-state index in [2.05, 4.69) is 15.3 Å². The van der Waals surface area contributed by atoms with Crippen molar-refractivity contribution < 1.29 is 14.4 Å². The van der Waals surface area contributed by atoms with Gasteiger partial charge < -0.3 is 21.7 Å². The molecule has 3 rings (SSSR count). The van der Waals surface area contributed by atoms with Crippen LogP contribution in [0.25, 0.3) is 0 Å². The Hall–Kier alpha value is -3.49. The van der Waals surface area contributed by atoms with Crippen molar-refractivity contribution in [2.45, 2.75) is 25.8 Å². The standard InChI is InChI=1S/C19H22N6O3/c1-11-2-5-16(15-4-3-13(20)8-23-15)25(10-11)19(28)18(27)24-14-6-12(17(21)26)7-22-9-14/h3-4,6-9,11,16H,2,5,10,20H2,1H3,(H2,21,26)(H,24,27)/t11-,16+/m0/s1. The summed E-state index contributed by atoms with van der Waals surface area (Å²) in [5, 5.41) is 2.49. The fourth-order valence-corrected chi connectivity index (χ4v) is 3.26. The summed E-state index contributed by atoms with van der Waals surface area (Å²) in [6, 6.07) is 4.57. The predicted molar refractivity (Wildman–Crippen MR) is 103 cm³/mol. The molecule has 0 aromatic carbocycles.